The van der Waals surface area contributed by atoms with E-state index in [4.69, 9.17) is 4.84 Å². The molecule has 5 heteroatoms. The fraction of sp³-hybridized carbons (Fsp3) is 0.357. The molecule has 0 aromatic heterocycles. The van der Waals surface area contributed by atoms with Gasteiger partial charge in [-0.3, -0.25) is 14.9 Å². The lowest BCUT2D eigenvalue weighted by molar-refractivity contribution is -0.108. The van der Waals surface area contributed by atoms with Gasteiger partial charge in [0.15, 0.2) is 0 Å². The number of rotatable bonds is 5. The maximum Gasteiger partial charge on any atom is 0.257 e. The van der Waals surface area contributed by atoms with Gasteiger partial charge in [-0.2, -0.15) is 0 Å². The number of benzene rings is 1. The number of aryl methyl sites for hydroxylation is 1. The Bertz CT molecular complexity index is 417. The summed E-state index contributed by atoms with van der Waals surface area (Å²) in [5, 5.41) is 5.62. The lowest BCUT2D eigenvalue weighted by atomic mass is 10.1. The zero-order valence-electron chi connectivity index (χ0n) is 11.6. The number of imide groups is 1. The highest BCUT2D eigenvalue weighted by molar-refractivity contribution is 6.00. The summed E-state index contributed by atoms with van der Waals surface area (Å²) in [6, 6.07) is 7.09. The van der Waals surface area contributed by atoms with E-state index < -0.39 is 0 Å². The zero-order valence-corrected chi connectivity index (χ0v) is 11.6. The van der Waals surface area contributed by atoms with E-state index in [9.17, 15) is 9.59 Å². The summed E-state index contributed by atoms with van der Waals surface area (Å²) in [5.74, 6) is -0.358. The summed E-state index contributed by atoms with van der Waals surface area (Å²) in [5.41, 5.74) is 1.39. The minimum atomic E-state index is -0.358. The van der Waals surface area contributed by atoms with Crippen molar-refractivity contribution >= 4 is 18.5 Å². The highest BCUT2D eigenvalue weighted by Crippen LogP contribution is 2.05. The first-order valence-electron chi connectivity index (χ1n) is 6.07. The van der Waals surface area contributed by atoms with E-state index in [1.807, 2.05) is 32.9 Å². The number of amides is 2. The molecule has 0 heterocycles. The molecule has 0 atom stereocenters. The van der Waals surface area contributed by atoms with Crippen molar-refractivity contribution < 1.29 is 14.4 Å². The van der Waals surface area contributed by atoms with Crippen LogP contribution in [0.1, 0.15) is 36.2 Å². The third-order valence-electron chi connectivity index (χ3n) is 2.06. The van der Waals surface area contributed by atoms with Crippen LogP contribution in [0.15, 0.2) is 29.4 Å². The maximum atomic E-state index is 11.1. The Labute approximate surface area is 113 Å². The van der Waals surface area contributed by atoms with Crippen molar-refractivity contribution in [2.24, 2.45) is 5.16 Å². The van der Waals surface area contributed by atoms with Gasteiger partial charge in [-0.15, -0.1) is 0 Å². The molecule has 104 valence electrons. The number of hydrogen-bond acceptors (Lipinski definition) is 4. The second-order valence-electron chi connectivity index (χ2n) is 3.60. The minimum Gasteiger partial charge on any atom is -0.396 e. The van der Waals surface area contributed by atoms with E-state index in [-0.39, 0.29) is 5.91 Å². The predicted octanol–water partition coefficient (Wildman–Crippen LogP) is 2.30. The van der Waals surface area contributed by atoms with Crippen LogP contribution in [0.5, 0.6) is 0 Å². The van der Waals surface area contributed by atoms with Crippen molar-refractivity contribution in [3.05, 3.63) is 35.4 Å². The number of nitrogens with one attached hydrogen (secondary N) is 1. The van der Waals surface area contributed by atoms with Gasteiger partial charge in [0.05, 0.1) is 0 Å². The monoisotopic (exact) mass is 264 g/mol. The molecule has 0 saturated carbocycles. The van der Waals surface area contributed by atoms with Crippen molar-refractivity contribution in [1.82, 2.24) is 5.32 Å². The maximum absolute atomic E-state index is 11.1. The van der Waals surface area contributed by atoms with E-state index in [0.29, 0.717) is 12.0 Å². The van der Waals surface area contributed by atoms with E-state index in [1.165, 1.54) is 0 Å². The molecule has 5 nitrogen and oxygen atoms in total. The first-order valence-corrected chi connectivity index (χ1v) is 6.07. The minimum absolute atomic E-state index is 0.358. The Kier molecular flexibility index (Phi) is 9.70. The van der Waals surface area contributed by atoms with Gasteiger partial charge in [-0.05, 0) is 31.9 Å². The summed E-state index contributed by atoms with van der Waals surface area (Å²) in [6.45, 7) is 6.42. The van der Waals surface area contributed by atoms with Crippen LogP contribution in [0.2, 0.25) is 0 Å². The number of carbonyl (C=O) groups is 2. The van der Waals surface area contributed by atoms with Crippen LogP contribution in [0.4, 0.5) is 0 Å². The van der Waals surface area contributed by atoms with E-state index in [1.54, 1.807) is 18.3 Å². The van der Waals surface area contributed by atoms with Crippen molar-refractivity contribution in [2.75, 3.05) is 6.61 Å². The number of hydrogen-bond donors (Lipinski definition) is 1. The van der Waals surface area contributed by atoms with Gasteiger partial charge in [0.25, 0.3) is 5.91 Å². The van der Waals surface area contributed by atoms with Gasteiger partial charge in [0, 0.05) is 11.8 Å². The van der Waals surface area contributed by atoms with Crippen LogP contribution in [-0.4, -0.2) is 25.1 Å². The molecule has 2 amide bonds. The molecule has 1 N–H and O–H groups in total. The molecule has 19 heavy (non-hydrogen) atoms. The average molecular weight is 264 g/mol. The molecule has 0 spiro atoms. The summed E-state index contributed by atoms with van der Waals surface area (Å²) in [4.78, 5) is 25.8. The quantitative estimate of drug-likeness (QED) is 0.384. The van der Waals surface area contributed by atoms with Crippen LogP contribution < -0.4 is 5.32 Å². The van der Waals surface area contributed by atoms with Gasteiger partial charge >= 0.3 is 0 Å². The molecule has 0 aliphatic heterocycles. The molecule has 0 unspecified atom stereocenters. The standard InChI is InChI=1S/C9H9NO2.C5H11NO/c1-7-4-2-3-5-8(7)9(12)10-6-11;1-3-5-7-6-4-2/h2-6H,1H3,(H,10,11,12);4H,3,5H2,1-2H3/b;6-4+. The van der Waals surface area contributed by atoms with Crippen LogP contribution in [0.25, 0.3) is 0 Å². The smallest absolute Gasteiger partial charge is 0.257 e. The largest absolute Gasteiger partial charge is 0.396 e. The molecular formula is C14H20N2O3. The molecule has 0 aliphatic carbocycles. The predicted molar refractivity (Wildman–Crippen MR) is 75.1 cm³/mol. The Balaban J connectivity index is 0.000000399. The second kappa shape index (κ2) is 11.0. The van der Waals surface area contributed by atoms with Gasteiger partial charge in [-0.25, -0.2) is 0 Å². The second-order valence-corrected chi connectivity index (χ2v) is 3.60. The highest BCUT2D eigenvalue weighted by Gasteiger charge is 2.05. The molecule has 1 rings (SSSR count). The van der Waals surface area contributed by atoms with Crippen molar-refractivity contribution in [1.29, 1.82) is 0 Å². The molecule has 0 bridgehead atoms. The third kappa shape index (κ3) is 7.70. The van der Waals surface area contributed by atoms with E-state index in [2.05, 4.69) is 10.5 Å². The SMILES string of the molecule is C/C=N/OCCC.Cc1ccccc1C(=O)NC=O. The van der Waals surface area contributed by atoms with Gasteiger partial charge in [0.2, 0.25) is 6.41 Å². The Morgan fingerprint density at radius 2 is 2.11 bits per heavy atom. The summed E-state index contributed by atoms with van der Waals surface area (Å²) < 4.78 is 0. The van der Waals surface area contributed by atoms with Gasteiger partial charge in [0.1, 0.15) is 6.61 Å². The van der Waals surface area contributed by atoms with Gasteiger partial charge < -0.3 is 4.84 Å². The van der Waals surface area contributed by atoms with Crippen molar-refractivity contribution in [3.8, 4) is 0 Å². The molecule has 0 aliphatic rings. The van der Waals surface area contributed by atoms with Crippen molar-refractivity contribution in [2.45, 2.75) is 27.2 Å². The van der Waals surface area contributed by atoms with Crippen LogP contribution in [0, 0.1) is 6.92 Å². The van der Waals surface area contributed by atoms with Crippen molar-refractivity contribution in [3.63, 3.8) is 0 Å². The van der Waals surface area contributed by atoms with E-state index >= 15 is 0 Å². The highest BCUT2D eigenvalue weighted by atomic mass is 16.6. The Morgan fingerprint density at radius 3 is 2.63 bits per heavy atom. The fourth-order valence-corrected chi connectivity index (χ4v) is 1.18. The molecule has 1 aromatic carbocycles. The molecule has 1 aromatic rings. The molecule has 0 fully saturated rings. The first-order chi connectivity index (χ1) is 9.17. The topological polar surface area (TPSA) is 67.8 Å². The fourth-order valence-electron chi connectivity index (χ4n) is 1.18. The van der Waals surface area contributed by atoms with Crippen LogP contribution >= 0.6 is 0 Å². The average Bonchev–Trinajstić information content (AvgIpc) is 2.41. The summed E-state index contributed by atoms with van der Waals surface area (Å²) in [6.07, 6.45) is 3.04. The normalized spacial score (nSPS) is 9.42. The zero-order chi connectivity index (χ0) is 14.5. The summed E-state index contributed by atoms with van der Waals surface area (Å²) in [7, 11) is 0. The Morgan fingerprint density at radius 1 is 1.42 bits per heavy atom. The number of nitrogens with zero attached hydrogens (tertiary/aromatic N) is 1. The van der Waals surface area contributed by atoms with Crippen LogP contribution in [0.3, 0.4) is 0 Å². The summed E-state index contributed by atoms with van der Waals surface area (Å²) >= 11 is 0. The lowest BCUT2D eigenvalue weighted by Gasteiger charge is -2.01. The van der Waals surface area contributed by atoms with Crippen LogP contribution in [-0.2, 0) is 9.63 Å². The lowest BCUT2D eigenvalue weighted by Crippen LogP contribution is -2.21. The third-order valence-corrected chi connectivity index (χ3v) is 2.06. The molecule has 0 radical (unpaired) electrons. The number of carbonyl (C=O) groups excluding carboxylic acids is 2. The first kappa shape index (κ1) is 16.8. The molecular weight excluding hydrogens is 244 g/mol. The molecule has 0 saturated heterocycles. The Hall–Kier alpha value is -2.17. The number of oxime groups is 1. The van der Waals surface area contributed by atoms with Gasteiger partial charge in [-0.1, -0.05) is 30.3 Å². The van der Waals surface area contributed by atoms with E-state index in [0.717, 1.165) is 18.6 Å².